The molecule has 1 saturated heterocycles. The van der Waals surface area contributed by atoms with Crippen molar-refractivity contribution in [2.75, 3.05) is 19.6 Å². The van der Waals surface area contributed by atoms with Crippen LogP contribution >= 0.6 is 12.4 Å². The molecule has 86 valence electrons. The molecule has 1 fully saturated rings. The molecular formula is C8H16ClF3N2. The molecule has 6 heteroatoms. The second kappa shape index (κ2) is 4.68. The molecule has 1 aliphatic heterocycles. The molecule has 0 amide bonds. The summed E-state index contributed by atoms with van der Waals surface area (Å²) in [7, 11) is 0. The Balaban J connectivity index is 0.00000169. The average Bonchev–Trinajstić information content (AvgIpc) is 1.91. The van der Waals surface area contributed by atoms with Gasteiger partial charge in [0.25, 0.3) is 0 Å². The minimum Gasteiger partial charge on any atom is -0.325 e. The summed E-state index contributed by atoms with van der Waals surface area (Å²) in [6, 6.07) is 0. The Morgan fingerprint density at radius 3 is 2.07 bits per heavy atom. The van der Waals surface area contributed by atoms with Crippen molar-refractivity contribution < 1.29 is 13.2 Å². The van der Waals surface area contributed by atoms with Gasteiger partial charge in [-0.15, -0.1) is 12.4 Å². The number of halogens is 4. The van der Waals surface area contributed by atoms with Crippen molar-refractivity contribution in [2.24, 2.45) is 5.73 Å². The van der Waals surface area contributed by atoms with Gasteiger partial charge in [-0.1, -0.05) is 0 Å². The van der Waals surface area contributed by atoms with Gasteiger partial charge in [0, 0.05) is 18.6 Å². The van der Waals surface area contributed by atoms with Crippen molar-refractivity contribution in [1.82, 2.24) is 4.90 Å². The summed E-state index contributed by atoms with van der Waals surface area (Å²) in [5, 5.41) is 0. The highest BCUT2D eigenvalue weighted by Crippen LogP contribution is 2.23. The Bertz CT molecular complexity index is 172. The summed E-state index contributed by atoms with van der Waals surface area (Å²) in [4.78, 5) is 1.41. The highest BCUT2D eigenvalue weighted by Gasteiger charge is 2.34. The van der Waals surface area contributed by atoms with Gasteiger partial charge in [0.2, 0.25) is 0 Å². The van der Waals surface area contributed by atoms with E-state index < -0.39 is 12.7 Å². The first kappa shape index (κ1) is 14.0. The topological polar surface area (TPSA) is 29.3 Å². The maximum absolute atomic E-state index is 12.0. The average molecular weight is 233 g/mol. The lowest BCUT2D eigenvalue weighted by atomic mass is 9.91. The van der Waals surface area contributed by atoms with E-state index >= 15 is 0 Å². The zero-order valence-electron chi connectivity index (χ0n) is 8.10. The lowest BCUT2D eigenvalue weighted by Gasteiger charge is -2.36. The van der Waals surface area contributed by atoms with Gasteiger partial charge in [-0.05, 0) is 19.8 Å². The maximum atomic E-state index is 12.0. The van der Waals surface area contributed by atoms with E-state index in [4.69, 9.17) is 5.73 Å². The fourth-order valence-electron chi connectivity index (χ4n) is 1.48. The third-order valence-corrected chi connectivity index (χ3v) is 2.40. The largest absolute Gasteiger partial charge is 0.401 e. The van der Waals surface area contributed by atoms with Crippen LogP contribution < -0.4 is 5.73 Å². The summed E-state index contributed by atoms with van der Waals surface area (Å²) in [6.45, 7) is 1.99. The fraction of sp³-hybridized carbons (Fsp3) is 1.00. The van der Waals surface area contributed by atoms with Crippen LogP contribution in [-0.4, -0.2) is 36.2 Å². The number of piperidine rings is 1. The van der Waals surface area contributed by atoms with Crippen LogP contribution in [0.4, 0.5) is 13.2 Å². The summed E-state index contributed by atoms with van der Waals surface area (Å²) in [5.41, 5.74) is 5.52. The van der Waals surface area contributed by atoms with Crippen molar-refractivity contribution in [3.8, 4) is 0 Å². The van der Waals surface area contributed by atoms with Gasteiger partial charge in [-0.3, -0.25) is 4.90 Å². The van der Waals surface area contributed by atoms with Crippen LogP contribution in [0.25, 0.3) is 0 Å². The van der Waals surface area contributed by atoms with Gasteiger partial charge < -0.3 is 5.73 Å². The molecule has 0 aliphatic carbocycles. The van der Waals surface area contributed by atoms with Crippen LogP contribution in [0.15, 0.2) is 0 Å². The summed E-state index contributed by atoms with van der Waals surface area (Å²) >= 11 is 0. The van der Waals surface area contributed by atoms with Crippen LogP contribution in [0.5, 0.6) is 0 Å². The predicted molar refractivity (Wildman–Crippen MR) is 51.6 cm³/mol. The molecule has 0 radical (unpaired) electrons. The quantitative estimate of drug-likeness (QED) is 0.747. The zero-order chi connectivity index (χ0) is 10.1. The molecule has 1 rings (SSSR count). The van der Waals surface area contributed by atoms with E-state index in [1.807, 2.05) is 6.92 Å². The van der Waals surface area contributed by atoms with E-state index in [-0.39, 0.29) is 17.9 Å². The second-order valence-corrected chi connectivity index (χ2v) is 4.05. The van der Waals surface area contributed by atoms with E-state index in [1.165, 1.54) is 4.90 Å². The smallest absolute Gasteiger partial charge is 0.325 e. The van der Waals surface area contributed by atoms with E-state index in [0.29, 0.717) is 25.9 Å². The molecule has 0 atom stereocenters. The van der Waals surface area contributed by atoms with Crippen LogP contribution in [-0.2, 0) is 0 Å². The summed E-state index contributed by atoms with van der Waals surface area (Å²) in [5.74, 6) is 0. The first-order chi connectivity index (χ1) is 5.79. The molecule has 0 aromatic heterocycles. The fourth-order valence-corrected chi connectivity index (χ4v) is 1.48. The van der Waals surface area contributed by atoms with E-state index in [9.17, 15) is 13.2 Å². The SMILES string of the molecule is CC1(N)CCN(CC(F)(F)F)CC1.Cl. The monoisotopic (exact) mass is 232 g/mol. The molecule has 14 heavy (non-hydrogen) atoms. The Morgan fingerprint density at radius 1 is 1.29 bits per heavy atom. The van der Waals surface area contributed by atoms with E-state index in [2.05, 4.69) is 0 Å². The number of nitrogens with two attached hydrogens (primary N) is 1. The van der Waals surface area contributed by atoms with Crippen LogP contribution in [0.1, 0.15) is 19.8 Å². The van der Waals surface area contributed by atoms with Gasteiger partial charge in [0.15, 0.2) is 0 Å². The maximum Gasteiger partial charge on any atom is 0.401 e. The Labute approximate surface area is 88.0 Å². The van der Waals surface area contributed by atoms with Crippen molar-refractivity contribution in [3.63, 3.8) is 0 Å². The molecule has 0 aromatic rings. The van der Waals surface area contributed by atoms with Gasteiger partial charge >= 0.3 is 6.18 Å². The Hall–Kier alpha value is -0.0000000000000000555. The van der Waals surface area contributed by atoms with Crippen molar-refractivity contribution in [1.29, 1.82) is 0 Å². The normalized spacial score (nSPS) is 22.9. The van der Waals surface area contributed by atoms with E-state index in [1.54, 1.807) is 0 Å². The number of hydrogen-bond acceptors (Lipinski definition) is 2. The van der Waals surface area contributed by atoms with Crippen LogP contribution in [0.2, 0.25) is 0 Å². The van der Waals surface area contributed by atoms with E-state index in [0.717, 1.165) is 0 Å². The molecule has 0 saturated carbocycles. The highest BCUT2D eigenvalue weighted by molar-refractivity contribution is 5.85. The van der Waals surface area contributed by atoms with Crippen molar-refractivity contribution in [2.45, 2.75) is 31.5 Å². The number of hydrogen-bond donors (Lipinski definition) is 1. The van der Waals surface area contributed by atoms with Crippen LogP contribution in [0, 0.1) is 0 Å². The third kappa shape index (κ3) is 5.02. The Kier molecular flexibility index (Phi) is 4.68. The van der Waals surface area contributed by atoms with Gasteiger partial charge in [0.1, 0.15) is 0 Å². The molecule has 0 unspecified atom stereocenters. The van der Waals surface area contributed by atoms with Crippen molar-refractivity contribution >= 4 is 12.4 Å². The molecule has 1 aliphatic rings. The molecule has 0 aromatic carbocycles. The summed E-state index contributed by atoms with van der Waals surface area (Å²) in [6.07, 6.45) is -2.80. The molecular weight excluding hydrogens is 217 g/mol. The first-order valence-corrected chi connectivity index (χ1v) is 4.36. The minimum absolute atomic E-state index is 0. The predicted octanol–water partition coefficient (Wildman–Crippen LogP) is 1.78. The van der Waals surface area contributed by atoms with Gasteiger partial charge in [0.05, 0.1) is 6.54 Å². The number of alkyl halides is 3. The zero-order valence-corrected chi connectivity index (χ0v) is 8.92. The third-order valence-electron chi connectivity index (χ3n) is 2.40. The van der Waals surface area contributed by atoms with Gasteiger partial charge in [-0.25, -0.2) is 0 Å². The standard InChI is InChI=1S/C8H15F3N2.ClH/c1-7(12)2-4-13(5-3-7)6-8(9,10)11;/h2-6,12H2,1H3;1H. The highest BCUT2D eigenvalue weighted by atomic mass is 35.5. The number of nitrogens with zero attached hydrogens (tertiary/aromatic N) is 1. The number of rotatable bonds is 1. The second-order valence-electron chi connectivity index (χ2n) is 4.05. The van der Waals surface area contributed by atoms with Crippen molar-refractivity contribution in [3.05, 3.63) is 0 Å². The molecule has 2 N–H and O–H groups in total. The first-order valence-electron chi connectivity index (χ1n) is 4.36. The lowest BCUT2D eigenvalue weighted by Crippen LogP contribution is -2.50. The molecule has 2 nitrogen and oxygen atoms in total. The minimum atomic E-state index is -4.08. The summed E-state index contributed by atoms with van der Waals surface area (Å²) < 4.78 is 35.9. The molecule has 0 bridgehead atoms. The molecule has 1 heterocycles. The van der Waals surface area contributed by atoms with Crippen LogP contribution in [0.3, 0.4) is 0 Å². The molecule has 0 spiro atoms. The lowest BCUT2D eigenvalue weighted by molar-refractivity contribution is -0.148. The van der Waals surface area contributed by atoms with Gasteiger partial charge in [-0.2, -0.15) is 13.2 Å². The number of likely N-dealkylation sites (tertiary alicyclic amines) is 1. The Morgan fingerprint density at radius 2 is 1.71 bits per heavy atom.